The number of phenolic OH excluding ortho intramolecular Hbond substituents is 1. The number of phenols is 1. The number of benzene rings is 6. The van der Waals surface area contributed by atoms with Crippen LogP contribution in [0.2, 0.25) is 0 Å². The summed E-state index contributed by atoms with van der Waals surface area (Å²) in [6.07, 6.45) is 4.32. The lowest BCUT2D eigenvalue weighted by molar-refractivity contribution is 0.415. The molecular formula is C43H40F2O2. The summed E-state index contributed by atoms with van der Waals surface area (Å²) in [6.45, 7) is 4.31. The molecule has 0 unspecified atom stereocenters. The highest BCUT2D eigenvalue weighted by molar-refractivity contribution is 5.72. The average Bonchev–Trinajstić information content (AvgIpc) is 3.10. The average molecular weight is 627 g/mol. The highest BCUT2D eigenvalue weighted by Crippen LogP contribution is 2.31. The van der Waals surface area contributed by atoms with Crippen LogP contribution in [0.1, 0.15) is 37.8 Å². The molecule has 0 aromatic heterocycles. The number of rotatable bonds is 9. The van der Waals surface area contributed by atoms with E-state index in [-0.39, 0.29) is 17.4 Å². The summed E-state index contributed by atoms with van der Waals surface area (Å²) in [7, 11) is 1.63. The smallest absolute Gasteiger partial charge is 0.131 e. The van der Waals surface area contributed by atoms with Crippen molar-refractivity contribution in [1.29, 1.82) is 0 Å². The third-order valence-corrected chi connectivity index (χ3v) is 8.17. The topological polar surface area (TPSA) is 29.5 Å². The fraction of sp³-hybridized carbons (Fsp3) is 0.163. The Balaban J connectivity index is 0.000000185. The zero-order chi connectivity index (χ0) is 33.2. The molecule has 2 nitrogen and oxygen atoms in total. The molecule has 0 radical (unpaired) electrons. The van der Waals surface area contributed by atoms with E-state index in [4.69, 9.17) is 4.74 Å². The van der Waals surface area contributed by atoms with Crippen LogP contribution >= 0.6 is 0 Å². The third-order valence-electron chi connectivity index (χ3n) is 8.17. The van der Waals surface area contributed by atoms with E-state index >= 15 is 0 Å². The zero-order valence-corrected chi connectivity index (χ0v) is 27.1. The van der Waals surface area contributed by atoms with Gasteiger partial charge in [0.05, 0.1) is 7.11 Å². The van der Waals surface area contributed by atoms with Crippen LogP contribution in [0, 0.1) is 11.6 Å². The maximum Gasteiger partial charge on any atom is 0.131 e. The number of hydrogen-bond acceptors (Lipinski definition) is 2. The molecule has 0 atom stereocenters. The molecule has 0 aliphatic carbocycles. The summed E-state index contributed by atoms with van der Waals surface area (Å²) in [5.41, 5.74) is 9.12. The zero-order valence-electron chi connectivity index (χ0n) is 27.1. The van der Waals surface area contributed by atoms with Gasteiger partial charge in [0.25, 0.3) is 0 Å². The van der Waals surface area contributed by atoms with Crippen molar-refractivity contribution < 1.29 is 18.6 Å². The fourth-order valence-electron chi connectivity index (χ4n) is 5.57. The van der Waals surface area contributed by atoms with Gasteiger partial charge in [0.2, 0.25) is 0 Å². The van der Waals surface area contributed by atoms with E-state index in [2.05, 4.69) is 38.1 Å². The molecule has 47 heavy (non-hydrogen) atoms. The molecule has 4 heteroatoms. The van der Waals surface area contributed by atoms with E-state index in [1.807, 2.05) is 72.8 Å². The second kappa shape index (κ2) is 15.9. The number of ether oxygens (including phenoxy) is 1. The van der Waals surface area contributed by atoms with Gasteiger partial charge in [0.15, 0.2) is 0 Å². The summed E-state index contributed by atoms with van der Waals surface area (Å²) in [5, 5.41) is 9.34. The first-order chi connectivity index (χ1) is 22.9. The minimum absolute atomic E-state index is 0.202. The molecule has 238 valence electrons. The fourth-order valence-corrected chi connectivity index (χ4v) is 5.57. The number of halogens is 2. The second-order valence-corrected chi connectivity index (χ2v) is 11.6. The molecule has 0 spiro atoms. The van der Waals surface area contributed by atoms with Crippen LogP contribution in [0.15, 0.2) is 133 Å². The Morgan fingerprint density at radius 3 is 1.19 bits per heavy atom. The quantitative estimate of drug-likeness (QED) is 0.173. The van der Waals surface area contributed by atoms with Gasteiger partial charge in [0, 0.05) is 11.1 Å². The highest BCUT2D eigenvalue weighted by Gasteiger charge is 2.09. The van der Waals surface area contributed by atoms with Gasteiger partial charge in [-0.1, -0.05) is 124 Å². The van der Waals surface area contributed by atoms with Crippen LogP contribution in [0.5, 0.6) is 11.5 Å². The van der Waals surface area contributed by atoms with E-state index in [1.54, 1.807) is 43.5 Å². The van der Waals surface area contributed by atoms with Crippen LogP contribution in [0.3, 0.4) is 0 Å². The van der Waals surface area contributed by atoms with E-state index in [0.29, 0.717) is 11.1 Å². The van der Waals surface area contributed by atoms with E-state index in [9.17, 15) is 13.9 Å². The number of aryl methyl sites for hydroxylation is 2. The predicted octanol–water partition coefficient (Wildman–Crippen LogP) is 11.9. The molecule has 0 amide bonds. The van der Waals surface area contributed by atoms with Crippen LogP contribution in [0.25, 0.3) is 44.5 Å². The summed E-state index contributed by atoms with van der Waals surface area (Å²) < 4.78 is 34.2. The van der Waals surface area contributed by atoms with Crippen molar-refractivity contribution in [2.24, 2.45) is 0 Å². The Bertz CT molecular complexity index is 1880. The molecule has 0 aliphatic rings. The van der Waals surface area contributed by atoms with Crippen LogP contribution in [-0.4, -0.2) is 12.2 Å². The molecule has 0 aliphatic heterocycles. The van der Waals surface area contributed by atoms with Gasteiger partial charge in [-0.15, -0.1) is 0 Å². The molecule has 1 N–H and O–H groups in total. The van der Waals surface area contributed by atoms with Crippen molar-refractivity contribution in [3.05, 3.63) is 156 Å². The number of hydrogen-bond donors (Lipinski definition) is 1. The lowest BCUT2D eigenvalue weighted by atomic mass is 9.98. The predicted molar refractivity (Wildman–Crippen MR) is 191 cm³/mol. The summed E-state index contributed by atoms with van der Waals surface area (Å²) in [5.74, 6) is 0.561. The van der Waals surface area contributed by atoms with Gasteiger partial charge >= 0.3 is 0 Å². The summed E-state index contributed by atoms with van der Waals surface area (Å²) in [4.78, 5) is 0. The molecule has 0 heterocycles. The summed E-state index contributed by atoms with van der Waals surface area (Å²) >= 11 is 0. The molecule has 0 fully saturated rings. The second-order valence-electron chi connectivity index (χ2n) is 11.6. The van der Waals surface area contributed by atoms with Gasteiger partial charge < -0.3 is 9.84 Å². The molecule has 0 saturated heterocycles. The first-order valence-electron chi connectivity index (χ1n) is 16.1. The number of methoxy groups -OCH3 is 1. The van der Waals surface area contributed by atoms with Crippen molar-refractivity contribution in [3.8, 4) is 56.0 Å². The Morgan fingerprint density at radius 2 is 0.830 bits per heavy atom. The molecule has 6 aromatic rings. The maximum absolute atomic E-state index is 14.6. The van der Waals surface area contributed by atoms with Crippen LogP contribution in [0.4, 0.5) is 8.78 Å². The number of aromatic hydroxyl groups is 1. The third kappa shape index (κ3) is 8.53. The molecule has 0 saturated carbocycles. The van der Waals surface area contributed by atoms with Gasteiger partial charge in [-0.25, -0.2) is 8.78 Å². The Hall–Kier alpha value is -5.22. The van der Waals surface area contributed by atoms with Crippen LogP contribution < -0.4 is 4.74 Å². The van der Waals surface area contributed by atoms with E-state index < -0.39 is 0 Å². The standard InChI is InChI=1S/C22H21FO.C21H19FO/c1-3-4-16-5-7-18(8-6-16)21-14-11-19(15-22(21)23)17-9-12-20(24-2)13-10-17;1-2-3-15-4-6-17(7-5-15)20-13-10-18(14-21(20)22)16-8-11-19(23)12-9-16/h5-15H,3-4H2,1-2H3;4-14,23H,2-3H2,1H3. The maximum atomic E-state index is 14.6. The van der Waals surface area contributed by atoms with Gasteiger partial charge in [0.1, 0.15) is 23.1 Å². The SMILES string of the molecule is CCCc1ccc(-c2ccc(-c3ccc(O)cc3)cc2F)cc1.CCCc1ccc(-c2ccc(-c3ccc(OC)cc3)cc2F)cc1. The Morgan fingerprint density at radius 1 is 0.468 bits per heavy atom. The monoisotopic (exact) mass is 626 g/mol. The highest BCUT2D eigenvalue weighted by atomic mass is 19.1. The van der Waals surface area contributed by atoms with Gasteiger partial charge in [-0.2, -0.15) is 0 Å². The molecule has 6 rings (SSSR count). The van der Waals surface area contributed by atoms with Crippen molar-refractivity contribution in [1.82, 2.24) is 0 Å². The van der Waals surface area contributed by atoms with Crippen molar-refractivity contribution in [2.75, 3.05) is 7.11 Å². The van der Waals surface area contributed by atoms with Crippen molar-refractivity contribution in [2.45, 2.75) is 39.5 Å². The normalized spacial score (nSPS) is 10.7. The lowest BCUT2D eigenvalue weighted by Gasteiger charge is -2.08. The Labute approximate surface area is 277 Å². The van der Waals surface area contributed by atoms with Crippen molar-refractivity contribution in [3.63, 3.8) is 0 Å². The lowest BCUT2D eigenvalue weighted by Crippen LogP contribution is -1.88. The van der Waals surface area contributed by atoms with E-state index in [0.717, 1.165) is 64.8 Å². The minimum atomic E-state index is -0.237. The first kappa shape index (κ1) is 33.2. The van der Waals surface area contributed by atoms with E-state index in [1.165, 1.54) is 11.1 Å². The van der Waals surface area contributed by atoms with Gasteiger partial charge in [-0.3, -0.25) is 0 Å². The molecule has 0 bridgehead atoms. The first-order valence-corrected chi connectivity index (χ1v) is 16.1. The summed E-state index contributed by atoms with van der Waals surface area (Å²) in [6, 6.07) is 41.3. The van der Waals surface area contributed by atoms with Crippen LogP contribution in [-0.2, 0) is 12.8 Å². The minimum Gasteiger partial charge on any atom is -0.508 e. The van der Waals surface area contributed by atoms with Crippen molar-refractivity contribution >= 4 is 0 Å². The molecular weight excluding hydrogens is 586 g/mol. The molecule has 6 aromatic carbocycles. The Kier molecular flexibility index (Phi) is 11.2. The van der Waals surface area contributed by atoms with Gasteiger partial charge in [-0.05, 0) is 93.7 Å². The largest absolute Gasteiger partial charge is 0.508 e.